The molecular weight excluding hydrogens is 298 g/mol. The summed E-state index contributed by atoms with van der Waals surface area (Å²) in [4.78, 5) is 14.7. The van der Waals surface area contributed by atoms with Crippen LogP contribution in [0.5, 0.6) is 0 Å². The second-order valence-corrected chi connectivity index (χ2v) is 7.68. The number of nitriles is 2. The van der Waals surface area contributed by atoms with E-state index in [2.05, 4.69) is 32.9 Å². The first-order valence-electron chi connectivity index (χ1n) is 8.52. The minimum atomic E-state index is -0.656. The van der Waals surface area contributed by atoms with Gasteiger partial charge in [0.05, 0.1) is 17.7 Å². The number of hydrogen-bond acceptors (Lipinski definition) is 3. The fraction of sp³-hybridized carbons (Fsp3) is 0.550. The molecule has 1 heterocycles. The summed E-state index contributed by atoms with van der Waals surface area (Å²) in [5.74, 6) is -0.239. The van der Waals surface area contributed by atoms with Crippen molar-refractivity contribution < 1.29 is 4.79 Å². The van der Waals surface area contributed by atoms with Gasteiger partial charge >= 0.3 is 0 Å². The highest BCUT2D eigenvalue weighted by molar-refractivity contribution is 5.81. The second-order valence-electron chi connectivity index (χ2n) is 7.68. The summed E-state index contributed by atoms with van der Waals surface area (Å²) in [6, 6.07) is 11.3. The predicted molar refractivity (Wildman–Crippen MR) is 92.7 cm³/mol. The highest BCUT2D eigenvalue weighted by atomic mass is 16.2. The summed E-state index contributed by atoms with van der Waals surface area (Å²) in [7, 11) is 0. The first kappa shape index (κ1) is 18.0. The molecule has 24 heavy (non-hydrogen) atoms. The van der Waals surface area contributed by atoms with Gasteiger partial charge in [-0.15, -0.1) is 0 Å². The van der Waals surface area contributed by atoms with Crippen molar-refractivity contribution in [1.29, 1.82) is 10.5 Å². The van der Waals surface area contributed by atoms with Gasteiger partial charge in [0, 0.05) is 13.1 Å². The molecule has 0 bridgehead atoms. The minimum absolute atomic E-state index is 0.0594. The van der Waals surface area contributed by atoms with Crippen LogP contribution in [-0.2, 0) is 11.2 Å². The number of piperidine rings is 1. The van der Waals surface area contributed by atoms with Crippen LogP contribution in [0, 0.1) is 39.9 Å². The molecule has 4 heteroatoms. The molecule has 0 aromatic heterocycles. The van der Waals surface area contributed by atoms with E-state index in [9.17, 15) is 10.1 Å². The first-order valence-corrected chi connectivity index (χ1v) is 8.52. The zero-order valence-corrected chi connectivity index (χ0v) is 14.7. The van der Waals surface area contributed by atoms with E-state index in [0.29, 0.717) is 17.9 Å². The molecule has 0 N–H and O–H groups in total. The summed E-state index contributed by atoms with van der Waals surface area (Å²) >= 11 is 0. The average Bonchev–Trinajstić information content (AvgIpc) is 2.59. The van der Waals surface area contributed by atoms with Gasteiger partial charge < -0.3 is 4.90 Å². The SMILES string of the molecule is CC(C)(C)[C@H]1CCCN(C(=O)[C@@H](C#N)Cc2ccc(C#N)cc2)C1. The lowest BCUT2D eigenvalue weighted by molar-refractivity contribution is -0.136. The monoisotopic (exact) mass is 323 g/mol. The lowest BCUT2D eigenvalue weighted by Gasteiger charge is -2.40. The number of likely N-dealkylation sites (tertiary alicyclic amines) is 1. The second kappa shape index (κ2) is 7.49. The molecule has 1 aromatic rings. The zero-order valence-electron chi connectivity index (χ0n) is 14.7. The number of carbonyl (C=O) groups excluding carboxylic acids is 1. The molecule has 1 fully saturated rings. The van der Waals surface area contributed by atoms with Crippen LogP contribution in [0.4, 0.5) is 0 Å². The van der Waals surface area contributed by atoms with Crippen molar-refractivity contribution in [2.24, 2.45) is 17.3 Å². The van der Waals surface area contributed by atoms with Gasteiger partial charge in [0.1, 0.15) is 5.92 Å². The van der Waals surface area contributed by atoms with Crippen molar-refractivity contribution in [3.8, 4) is 12.1 Å². The van der Waals surface area contributed by atoms with E-state index in [0.717, 1.165) is 31.5 Å². The summed E-state index contributed by atoms with van der Waals surface area (Å²) in [6.07, 6.45) is 2.54. The molecule has 126 valence electrons. The van der Waals surface area contributed by atoms with Crippen LogP contribution in [0.25, 0.3) is 0 Å². The van der Waals surface area contributed by atoms with E-state index in [4.69, 9.17) is 5.26 Å². The molecule has 4 nitrogen and oxygen atoms in total. The lowest BCUT2D eigenvalue weighted by Crippen LogP contribution is -2.46. The van der Waals surface area contributed by atoms with Crippen molar-refractivity contribution >= 4 is 5.91 Å². The summed E-state index contributed by atoms with van der Waals surface area (Å²) in [6.45, 7) is 8.13. The maximum Gasteiger partial charge on any atom is 0.240 e. The first-order chi connectivity index (χ1) is 11.3. The third-order valence-electron chi connectivity index (χ3n) is 4.93. The van der Waals surface area contributed by atoms with Crippen LogP contribution in [-0.4, -0.2) is 23.9 Å². The molecule has 1 amide bonds. The third-order valence-corrected chi connectivity index (χ3v) is 4.93. The van der Waals surface area contributed by atoms with Crippen LogP contribution >= 0.6 is 0 Å². The molecule has 1 aromatic carbocycles. The molecule has 0 aliphatic carbocycles. The van der Waals surface area contributed by atoms with Gasteiger partial charge in [-0.1, -0.05) is 32.9 Å². The number of rotatable bonds is 3. The van der Waals surface area contributed by atoms with E-state index in [1.165, 1.54) is 0 Å². The smallest absolute Gasteiger partial charge is 0.240 e. The normalized spacial score (nSPS) is 19.2. The fourth-order valence-corrected chi connectivity index (χ4v) is 3.24. The Labute approximate surface area is 144 Å². The lowest BCUT2D eigenvalue weighted by atomic mass is 9.76. The quantitative estimate of drug-likeness (QED) is 0.854. The molecule has 0 spiro atoms. The van der Waals surface area contributed by atoms with Crippen molar-refractivity contribution in [1.82, 2.24) is 4.90 Å². The number of nitrogens with zero attached hydrogens (tertiary/aromatic N) is 3. The standard InChI is InChI=1S/C20H25N3O/c1-20(2,3)18-5-4-10-23(14-18)19(24)17(13-22)11-15-6-8-16(12-21)9-7-15/h6-9,17-18H,4-5,10-11,14H2,1-3H3/t17-,18+/m1/s1. The molecule has 2 atom stereocenters. The molecule has 1 aliphatic heterocycles. The average molecular weight is 323 g/mol. The van der Waals surface area contributed by atoms with E-state index >= 15 is 0 Å². The van der Waals surface area contributed by atoms with Crippen molar-refractivity contribution in [2.75, 3.05) is 13.1 Å². The van der Waals surface area contributed by atoms with Crippen LogP contribution < -0.4 is 0 Å². The molecule has 1 saturated heterocycles. The number of benzene rings is 1. The topological polar surface area (TPSA) is 67.9 Å². The highest BCUT2D eigenvalue weighted by Crippen LogP contribution is 2.33. The largest absolute Gasteiger partial charge is 0.341 e. The Morgan fingerprint density at radius 2 is 1.96 bits per heavy atom. The summed E-state index contributed by atoms with van der Waals surface area (Å²) < 4.78 is 0. The molecule has 0 radical (unpaired) electrons. The van der Waals surface area contributed by atoms with Crippen LogP contribution in [0.3, 0.4) is 0 Å². The summed E-state index contributed by atoms with van der Waals surface area (Å²) in [5.41, 5.74) is 1.68. The van der Waals surface area contributed by atoms with Gasteiger partial charge in [-0.25, -0.2) is 0 Å². The Hall–Kier alpha value is -2.33. The van der Waals surface area contributed by atoms with Gasteiger partial charge in [-0.2, -0.15) is 10.5 Å². The highest BCUT2D eigenvalue weighted by Gasteiger charge is 2.33. The summed E-state index contributed by atoms with van der Waals surface area (Å²) in [5, 5.41) is 18.3. The number of hydrogen-bond donors (Lipinski definition) is 0. The van der Waals surface area contributed by atoms with Crippen LogP contribution in [0.15, 0.2) is 24.3 Å². The van der Waals surface area contributed by atoms with Crippen LogP contribution in [0.1, 0.15) is 44.7 Å². The third kappa shape index (κ3) is 4.36. The Balaban J connectivity index is 2.05. The van der Waals surface area contributed by atoms with Crippen molar-refractivity contribution in [3.63, 3.8) is 0 Å². The molecule has 0 saturated carbocycles. The zero-order chi connectivity index (χ0) is 17.7. The molecule has 1 aliphatic rings. The van der Waals surface area contributed by atoms with Gasteiger partial charge in [-0.3, -0.25) is 4.79 Å². The van der Waals surface area contributed by atoms with Gasteiger partial charge in [0.25, 0.3) is 0 Å². The molecular formula is C20H25N3O. The number of amides is 1. The Morgan fingerprint density at radius 3 is 2.50 bits per heavy atom. The van der Waals surface area contributed by atoms with E-state index in [-0.39, 0.29) is 11.3 Å². The Bertz CT molecular complexity index is 658. The minimum Gasteiger partial charge on any atom is -0.341 e. The maximum atomic E-state index is 12.8. The van der Waals surface area contributed by atoms with E-state index < -0.39 is 5.92 Å². The Morgan fingerprint density at radius 1 is 1.29 bits per heavy atom. The maximum absolute atomic E-state index is 12.8. The van der Waals surface area contributed by atoms with Crippen molar-refractivity contribution in [2.45, 2.75) is 40.0 Å². The molecule has 2 rings (SSSR count). The van der Waals surface area contributed by atoms with Gasteiger partial charge in [-0.05, 0) is 48.3 Å². The van der Waals surface area contributed by atoms with Crippen molar-refractivity contribution in [3.05, 3.63) is 35.4 Å². The van der Waals surface area contributed by atoms with E-state index in [1.54, 1.807) is 12.1 Å². The van der Waals surface area contributed by atoms with E-state index in [1.807, 2.05) is 17.0 Å². The molecule has 0 unspecified atom stereocenters. The fourth-order valence-electron chi connectivity index (χ4n) is 3.24. The Kier molecular flexibility index (Phi) is 5.62. The van der Waals surface area contributed by atoms with Crippen LogP contribution in [0.2, 0.25) is 0 Å². The van der Waals surface area contributed by atoms with Gasteiger partial charge in [0.2, 0.25) is 5.91 Å². The van der Waals surface area contributed by atoms with Gasteiger partial charge in [0.15, 0.2) is 0 Å². The predicted octanol–water partition coefficient (Wildman–Crippen LogP) is 3.53. The number of carbonyl (C=O) groups is 1.